The van der Waals surface area contributed by atoms with E-state index in [4.69, 9.17) is 16.6 Å². The number of sulfonamides is 1. The zero-order valence-corrected chi connectivity index (χ0v) is 18.9. The van der Waals surface area contributed by atoms with Crippen molar-refractivity contribution in [2.75, 3.05) is 31.1 Å². The van der Waals surface area contributed by atoms with E-state index >= 15 is 0 Å². The van der Waals surface area contributed by atoms with Gasteiger partial charge in [-0.2, -0.15) is 4.31 Å². The number of rotatable bonds is 5. The maximum Gasteiger partial charge on any atom is 0.217 e. The van der Waals surface area contributed by atoms with E-state index in [0.29, 0.717) is 31.2 Å². The average Bonchev–Trinajstić information content (AvgIpc) is 3.55. The predicted octanol–water partition coefficient (Wildman–Crippen LogP) is 3.07. The van der Waals surface area contributed by atoms with Crippen molar-refractivity contribution in [3.05, 3.63) is 52.8 Å². The summed E-state index contributed by atoms with van der Waals surface area (Å²) in [5, 5.41) is 10.3. The molecule has 5 rings (SSSR count). The Labute approximate surface area is 186 Å². The summed E-state index contributed by atoms with van der Waals surface area (Å²) in [6.45, 7) is 4.20. The summed E-state index contributed by atoms with van der Waals surface area (Å²) in [7, 11) is -3.11. The molecule has 31 heavy (non-hydrogen) atoms. The number of piperazine rings is 1. The number of aliphatic hydroxyl groups is 1. The van der Waals surface area contributed by atoms with Crippen molar-refractivity contribution in [1.29, 1.82) is 0 Å². The van der Waals surface area contributed by atoms with Gasteiger partial charge in [-0.15, -0.1) is 0 Å². The van der Waals surface area contributed by atoms with Crippen LogP contribution >= 0.6 is 11.6 Å². The second-order valence-electron chi connectivity index (χ2n) is 8.32. The van der Waals surface area contributed by atoms with Crippen LogP contribution in [0.1, 0.15) is 24.0 Å². The van der Waals surface area contributed by atoms with E-state index in [1.54, 1.807) is 4.31 Å². The van der Waals surface area contributed by atoms with Gasteiger partial charge >= 0.3 is 0 Å². The van der Waals surface area contributed by atoms with E-state index < -0.39 is 10.0 Å². The molecule has 3 heterocycles. The van der Waals surface area contributed by atoms with Crippen molar-refractivity contribution in [3.63, 3.8) is 0 Å². The molecule has 0 bridgehead atoms. The second-order valence-corrected chi connectivity index (χ2v) is 10.9. The molecule has 1 aromatic carbocycles. The Morgan fingerprint density at radius 2 is 1.90 bits per heavy atom. The summed E-state index contributed by atoms with van der Waals surface area (Å²) in [5.74, 6) is 0. The number of aliphatic hydroxyl groups excluding tert-OH is 1. The van der Waals surface area contributed by atoms with Crippen LogP contribution in [-0.2, 0) is 16.6 Å². The molecule has 1 saturated heterocycles. The third-order valence-electron chi connectivity index (χ3n) is 6.18. The van der Waals surface area contributed by atoms with Gasteiger partial charge in [-0.3, -0.25) is 0 Å². The van der Waals surface area contributed by atoms with E-state index in [1.807, 2.05) is 48.0 Å². The largest absolute Gasteiger partial charge is 0.392 e. The minimum absolute atomic E-state index is 0.0828. The minimum atomic E-state index is -3.11. The SMILES string of the molecule is Cc1cc(CO)c(-c2cn3ccc(N4CCN(S(=O)(=O)C5CC5)CC4)cc3n2)cc1Cl. The first-order valence-electron chi connectivity index (χ1n) is 10.5. The lowest BCUT2D eigenvalue weighted by molar-refractivity contribution is 0.282. The molecule has 1 aliphatic heterocycles. The summed E-state index contributed by atoms with van der Waals surface area (Å²) >= 11 is 6.32. The molecule has 2 aliphatic rings. The molecule has 2 aromatic heterocycles. The van der Waals surface area contributed by atoms with Crippen molar-refractivity contribution in [2.45, 2.75) is 31.6 Å². The van der Waals surface area contributed by atoms with Gasteiger partial charge in [0.15, 0.2) is 0 Å². The number of hydrogen-bond acceptors (Lipinski definition) is 5. The van der Waals surface area contributed by atoms with Gasteiger partial charge in [0.25, 0.3) is 0 Å². The van der Waals surface area contributed by atoms with Gasteiger partial charge in [-0.1, -0.05) is 17.7 Å². The molecule has 1 aliphatic carbocycles. The first kappa shape index (κ1) is 20.8. The lowest BCUT2D eigenvalue weighted by Gasteiger charge is -2.35. The molecule has 3 aromatic rings. The monoisotopic (exact) mass is 460 g/mol. The zero-order chi connectivity index (χ0) is 21.8. The molecule has 1 N–H and O–H groups in total. The smallest absolute Gasteiger partial charge is 0.217 e. The van der Waals surface area contributed by atoms with Crippen LogP contribution < -0.4 is 4.90 Å². The summed E-state index contributed by atoms with van der Waals surface area (Å²) in [6.07, 6.45) is 5.49. The molecule has 0 atom stereocenters. The summed E-state index contributed by atoms with van der Waals surface area (Å²) in [4.78, 5) is 6.97. The van der Waals surface area contributed by atoms with Crippen LogP contribution in [0.4, 0.5) is 5.69 Å². The summed E-state index contributed by atoms with van der Waals surface area (Å²) in [5.41, 5.74) is 5.10. The van der Waals surface area contributed by atoms with Gasteiger partial charge in [0, 0.05) is 60.9 Å². The Hall–Kier alpha value is -2.13. The number of benzene rings is 1. The lowest BCUT2D eigenvalue weighted by atomic mass is 10.0. The Morgan fingerprint density at radius 3 is 2.58 bits per heavy atom. The first-order valence-corrected chi connectivity index (χ1v) is 12.4. The van der Waals surface area contributed by atoms with E-state index in [9.17, 15) is 13.5 Å². The third kappa shape index (κ3) is 3.82. The Kier molecular flexibility index (Phi) is 5.21. The molecule has 7 nitrogen and oxygen atoms in total. The summed E-state index contributed by atoms with van der Waals surface area (Å²) < 4.78 is 28.5. The van der Waals surface area contributed by atoms with Crippen LogP contribution in [0.15, 0.2) is 36.7 Å². The molecule has 1 saturated carbocycles. The molecule has 0 amide bonds. The summed E-state index contributed by atoms with van der Waals surface area (Å²) in [6, 6.07) is 7.79. The Balaban J connectivity index is 1.39. The molecule has 2 fully saturated rings. The number of imidazole rings is 1. The van der Waals surface area contributed by atoms with Gasteiger partial charge in [-0.05, 0) is 43.0 Å². The maximum atomic E-state index is 12.5. The lowest BCUT2D eigenvalue weighted by Crippen LogP contribution is -2.49. The quantitative estimate of drug-likeness (QED) is 0.633. The van der Waals surface area contributed by atoms with Gasteiger partial charge in [0.05, 0.1) is 17.6 Å². The Morgan fingerprint density at radius 1 is 1.16 bits per heavy atom. The topological polar surface area (TPSA) is 78.2 Å². The van der Waals surface area contributed by atoms with Crippen LogP contribution in [0.2, 0.25) is 5.02 Å². The fourth-order valence-corrected chi connectivity index (χ4v) is 6.18. The zero-order valence-electron chi connectivity index (χ0n) is 17.3. The highest BCUT2D eigenvalue weighted by atomic mass is 35.5. The van der Waals surface area contributed by atoms with Gasteiger partial charge in [0.2, 0.25) is 10.0 Å². The number of anilines is 1. The molecule has 0 radical (unpaired) electrons. The van der Waals surface area contributed by atoms with Crippen molar-refractivity contribution in [2.24, 2.45) is 0 Å². The molecular formula is C22H25ClN4O3S. The van der Waals surface area contributed by atoms with Crippen LogP contribution in [-0.4, -0.2) is 58.6 Å². The van der Waals surface area contributed by atoms with E-state index in [0.717, 1.165) is 46.6 Å². The minimum Gasteiger partial charge on any atom is -0.392 e. The van der Waals surface area contributed by atoms with Crippen molar-refractivity contribution in [3.8, 4) is 11.3 Å². The molecule has 0 unspecified atom stereocenters. The van der Waals surface area contributed by atoms with Crippen molar-refractivity contribution in [1.82, 2.24) is 13.7 Å². The van der Waals surface area contributed by atoms with Crippen LogP contribution in [0.3, 0.4) is 0 Å². The van der Waals surface area contributed by atoms with Crippen LogP contribution in [0, 0.1) is 6.92 Å². The second kappa shape index (κ2) is 7.78. The number of hydrogen-bond donors (Lipinski definition) is 1. The number of aryl methyl sites for hydroxylation is 1. The Bertz CT molecular complexity index is 1250. The maximum absolute atomic E-state index is 12.5. The van der Waals surface area contributed by atoms with Crippen molar-refractivity contribution < 1.29 is 13.5 Å². The fraction of sp³-hybridized carbons (Fsp3) is 0.409. The molecule has 9 heteroatoms. The molecular weight excluding hydrogens is 436 g/mol. The standard InChI is InChI=1S/C22H25ClN4O3S/c1-15-10-16(14-28)19(12-20(15)23)21-13-26-5-4-17(11-22(26)24-21)25-6-8-27(9-7-25)31(29,30)18-2-3-18/h4-5,10-13,18,28H,2-3,6-9,14H2,1H3. The first-order chi connectivity index (χ1) is 14.9. The molecule has 164 valence electrons. The number of fused-ring (bicyclic) bond motifs is 1. The van der Waals surface area contributed by atoms with E-state index in [-0.39, 0.29) is 11.9 Å². The predicted molar refractivity (Wildman–Crippen MR) is 122 cm³/mol. The van der Waals surface area contributed by atoms with E-state index in [2.05, 4.69) is 4.90 Å². The van der Waals surface area contributed by atoms with Crippen LogP contribution in [0.5, 0.6) is 0 Å². The number of halogens is 1. The highest BCUT2D eigenvalue weighted by molar-refractivity contribution is 7.90. The fourth-order valence-electron chi connectivity index (χ4n) is 4.19. The van der Waals surface area contributed by atoms with Crippen molar-refractivity contribution >= 4 is 33.0 Å². The van der Waals surface area contributed by atoms with Crippen LogP contribution in [0.25, 0.3) is 16.9 Å². The average molecular weight is 461 g/mol. The number of nitrogens with zero attached hydrogens (tertiary/aromatic N) is 4. The molecule has 0 spiro atoms. The van der Waals surface area contributed by atoms with E-state index in [1.165, 1.54) is 0 Å². The van der Waals surface area contributed by atoms with Gasteiger partial charge in [0.1, 0.15) is 5.65 Å². The third-order valence-corrected chi connectivity index (χ3v) is 8.99. The highest BCUT2D eigenvalue weighted by Crippen LogP contribution is 2.33. The number of pyridine rings is 1. The van der Waals surface area contributed by atoms with Gasteiger partial charge in [-0.25, -0.2) is 13.4 Å². The number of aromatic nitrogens is 2. The normalized spacial score (nSPS) is 18.1. The highest BCUT2D eigenvalue weighted by Gasteiger charge is 2.41. The van der Waals surface area contributed by atoms with Gasteiger partial charge < -0.3 is 14.4 Å².